The normalized spacial score (nSPS) is 19.7. The summed E-state index contributed by atoms with van der Waals surface area (Å²) in [6, 6.07) is 3.73. The van der Waals surface area contributed by atoms with Crippen LogP contribution in [0.25, 0.3) is 0 Å². The smallest absolute Gasteiger partial charge is 0.256 e. The predicted molar refractivity (Wildman–Crippen MR) is 118 cm³/mol. The number of halogens is 2. The largest absolute Gasteiger partial charge is 0.496 e. The molecule has 2 aliphatic heterocycles. The fourth-order valence-electron chi connectivity index (χ4n) is 4.95. The molecule has 5 rings (SSSR count). The van der Waals surface area contributed by atoms with Gasteiger partial charge in [-0.05, 0) is 49.4 Å². The Labute approximate surface area is 190 Å². The molecule has 1 aromatic carbocycles. The van der Waals surface area contributed by atoms with Gasteiger partial charge in [-0.2, -0.15) is 0 Å². The number of aryl methyl sites for hydroxylation is 1. The average molecular weight is 463 g/mol. The second kappa shape index (κ2) is 7.54. The Balaban J connectivity index is 1.52. The van der Waals surface area contributed by atoms with E-state index in [1.54, 1.807) is 17.9 Å². The fraction of sp³-hybridized carbons (Fsp3) is 0.478. The summed E-state index contributed by atoms with van der Waals surface area (Å²) in [6.07, 6.45) is 2.65. The lowest BCUT2D eigenvalue weighted by Crippen LogP contribution is -2.40. The van der Waals surface area contributed by atoms with Gasteiger partial charge in [0.15, 0.2) is 0 Å². The first kappa shape index (κ1) is 20.9. The van der Waals surface area contributed by atoms with Crippen LogP contribution in [0.3, 0.4) is 0 Å². The summed E-state index contributed by atoms with van der Waals surface area (Å²) in [6.45, 7) is 3.85. The second-order valence-corrected chi connectivity index (χ2v) is 9.55. The highest BCUT2D eigenvalue weighted by molar-refractivity contribution is 6.37. The molecule has 0 radical (unpaired) electrons. The van der Waals surface area contributed by atoms with Crippen molar-refractivity contribution in [3.63, 3.8) is 0 Å². The van der Waals surface area contributed by atoms with Gasteiger partial charge in [0.25, 0.3) is 11.5 Å². The fourth-order valence-corrected chi connectivity index (χ4v) is 5.68. The molecule has 2 aromatic rings. The number of benzene rings is 1. The molecule has 31 heavy (non-hydrogen) atoms. The first-order valence-electron chi connectivity index (χ1n) is 10.5. The molecule has 2 fully saturated rings. The van der Waals surface area contributed by atoms with E-state index in [1.807, 2.05) is 6.07 Å². The van der Waals surface area contributed by atoms with Crippen LogP contribution >= 0.6 is 23.2 Å². The molecule has 0 spiro atoms. The first-order chi connectivity index (χ1) is 14.9. The number of nitrogens with zero attached hydrogens (tertiary/aromatic N) is 1. The highest BCUT2D eigenvalue weighted by Gasteiger charge is 2.55. The molecular weight excluding hydrogens is 439 g/mol. The Bertz CT molecular complexity index is 1140. The summed E-state index contributed by atoms with van der Waals surface area (Å²) in [7, 11) is 1.52. The number of amides is 1. The number of carbonyl (C=O) groups is 1. The van der Waals surface area contributed by atoms with Crippen molar-refractivity contribution in [2.75, 3.05) is 26.9 Å². The standard InChI is InChI=1S/C23H24Cl2N2O4/c1-12-7-18(30-2)15(21(28)26-12)9-27-6-3-14-17(24)8-16(20(25)19(14)22(27)29)23(4-5-23)13-10-31-11-13/h7-8,13H,3-6,9-11H2,1-2H3,(H,26,28). The maximum absolute atomic E-state index is 13.5. The Morgan fingerprint density at radius 2 is 2.00 bits per heavy atom. The van der Waals surface area contributed by atoms with Gasteiger partial charge in [0, 0.05) is 28.6 Å². The number of ether oxygens (including phenoxy) is 2. The number of H-pyrrole nitrogens is 1. The number of fused-ring (bicyclic) bond motifs is 1. The van der Waals surface area contributed by atoms with Gasteiger partial charge in [0.05, 0.1) is 43.0 Å². The maximum Gasteiger partial charge on any atom is 0.256 e. The van der Waals surface area contributed by atoms with Gasteiger partial charge in [-0.15, -0.1) is 0 Å². The van der Waals surface area contributed by atoms with Crippen molar-refractivity contribution in [2.24, 2.45) is 5.92 Å². The van der Waals surface area contributed by atoms with Crippen LogP contribution in [0.1, 0.15) is 45.6 Å². The number of rotatable bonds is 5. The van der Waals surface area contributed by atoms with Crippen LogP contribution in [0, 0.1) is 12.8 Å². The summed E-state index contributed by atoms with van der Waals surface area (Å²) in [5.74, 6) is 0.696. The third-order valence-corrected chi connectivity index (χ3v) is 7.72. The molecule has 1 N–H and O–H groups in total. The van der Waals surface area contributed by atoms with Crippen LogP contribution in [0.15, 0.2) is 16.9 Å². The van der Waals surface area contributed by atoms with E-state index in [1.165, 1.54) is 7.11 Å². The third-order valence-electron chi connectivity index (χ3n) is 6.99. The van der Waals surface area contributed by atoms with E-state index in [0.717, 1.165) is 37.2 Å². The van der Waals surface area contributed by atoms with E-state index in [4.69, 9.17) is 32.7 Å². The summed E-state index contributed by atoms with van der Waals surface area (Å²) < 4.78 is 10.8. The van der Waals surface area contributed by atoms with E-state index in [2.05, 4.69) is 4.98 Å². The van der Waals surface area contributed by atoms with Gasteiger partial charge in [0.1, 0.15) is 5.75 Å². The van der Waals surface area contributed by atoms with Crippen molar-refractivity contribution >= 4 is 29.1 Å². The van der Waals surface area contributed by atoms with Gasteiger partial charge < -0.3 is 19.4 Å². The highest BCUT2D eigenvalue weighted by atomic mass is 35.5. The van der Waals surface area contributed by atoms with E-state index in [9.17, 15) is 9.59 Å². The zero-order valence-electron chi connectivity index (χ0n) is 17.5. The van der Waals surface area contributed by atoms with Crippen LogP contribution in [0.4, 0.5) is 0 Å². The van der Waals surface area contributed by atoms with Crippen molar-refractivity contribution < 1.29 is 14.3 Å². The lowest BCUT2D eigenvalue weighted by molar-refractivity contribution is -0.0509. The molecule has 1 aliphatic carbocycles. The monoisotopic (exact) mass is 462 g/mol. The van der Waals surface area contributed by atoms with Crippen molar-refractivity contribution in [3.05, 3.63) is 60.5 Å². The number of nitrogens with one attached hydrogen (secondary N) is 1. The van der Waals surface area contributed by atoms with Crippen molar-refractivity contribution in [3.8, 4) is 5.75 Å². The van der Waals surface area contributed by atoms with Crippen LogP contribution < -0.4 is 10.3 Å². The molecule has 8 heteroatoms. The molecular formula is C23H24Cl2N2O4. The Kier molecular flexibility index (Phi) is 5.07. The van der Waals surface area contributed by atoms with Gasteiger partial charge in [-0.25, -0.2) is 0 Å². The van der Waals surface area contributed by atoms with Gasteiger partial charge in [-0.1, -0.05) is 23.2 Å². The first-order valence-corrected chi connectivity index (χ1v) is 11.3. The van der Waals surface area contributed by atoms with E-state index in [0.29, 0.717) is 51.5 Å². The van der Waals surface area contributed by atoms with Crippen LogP contribution in [-0.4, -0.2) is 42.7 Å². The molecule has 0 atom stereocenters. The SMILES string of the molecule is COc1cc(C)[nH]c(=O)c1CN1CCc2c(Cl)cc(C3(C4COC4)CC3)c(Cl)c2C1=O. The molecule has 1 saturated heterocycles. The van der Waals surface area contributed by atoms with Gasteiger partial charge >= 0.3 is 0 Å². The maximum atomic E-state index is 13.5. The minimum Gasteiger partial charge on any atom is -0.496 e. The molecule has 164 valence electrons. The predicted octanol–water partition coefficient (Wildman–Crippen LogP) is 3.88. The zero-order valence-corrected chi connectivity index (χ0v) is 19.0. The van der Waals surface area contributed by atoms with Crippen molar-refractivity contribution in [1.82, 2.24) is 9.88 Å². The zero-order chi connectivity index (χ0) is 21.9. The summed E-state index contributed by atoms with van der Waals surface area (Å²) >= 11 is 13.5. The molecule has 3 aliphatic rings. The quantitative estimate of drug-likeness (QED) is 0.731. The topological polar surface area (TPSA) is 71.6 Å². The number of methoxy groups -OCH3 is 1. The summed E-state index contributed by atoms with van der Waals surface area (Å²) in [4.78, 5) is 30.5. The third kappa shape index (κ3) is 3.27. The highest BCUT2D eigenvalue weighted by Crippen LogP contribution is 2.59. The lowest BCUT2D eigenvalue weighted by atomic mass is 9.79. The Morgan fingerprint density at radius 3 is 2.61 bits per heavy atom. The van der Waals surface area contributed by atoms with Gasteiger partial charge in [-0.3, -0.25) is 9.59 Å². The van der Waals surface area contributed by atoms with Crippen LogP contribution in [-0.2, 0) is 23.1 Å². The number of aromatic nitrogens is 1. The summed E-state index contributed by atoms with van der Waals surface area (Å²) in [5, 5.41) is 1.10. The van der Waals surface area contributed by atoms with Gasteiger partial charge in [0.2, 0.25) is 0 Å². The van der Waals surface area contributed by atoms with E-state index >= 15 is 0 Å². The molecule has 1 saturated carbocycles. The van der Waals surface area contributed by atoms with Crippen LogP contribution in [0.5, 0.6) is 5.75 Å². The van der Waals surface area contributed by atoms with Crippen molar-refractivity contribution in [1.29, 1.82) is 0 Å². The molecule has 1 aromatic heterocycles. The Morgan fingerprint density at radius 1 is 1.26 bits per heavy atom. The number of pyridine rings is 1. The second-order valence-electron chi connectivity index (χ2n) is 8.77. The average Bonchev–Trinajstić information content (AvgIpc) is 3.47. The Hall–Kier alpha value is -2.02. The minimum atomic E-state index is -0.254. The number of hydrogen-bond donors (Lipinski definition) is 1. The minimum absolute atomic E-state index is 0.0338. The number of aromatic amines is 1. The summed E-state index contributed by atoms with van der Waals surface area (Å²) in [5.41, 5.74) is 3.08. The van der Waals surface area contributed by atoms with E-state index in [-0.39, 0.29) is 23.4 Å². The van der Waals surface area contributed by atoms with E-state index < -0.39 is 0 Å². The lowest BCUT2D eigenvalue weighted by Gasteiger charge is -2.36. The molecule has 6 nitrogen and oxygen atoms in total. The molecule has 3 heterocycles. The van der Waals surface area contributed by atoms with Crippen molar-refractivity contribution in [2.45, 2.75) is 38.1 Å². The number of hydrogen-bond acceptors (Lipinski definition) is 4. The molecule has 1 amide bonds. The molecule has 0 bridgehead atoms. The van der Waals surface area contributed by atoms with Crippen LogP contribution in [0.2, 0.25) is 10.0 Å². The molecule has 0 unspecified atom stereocenters. The number of carbonyl (C=O) groups excluding carboxylic acids is 1.